The van der Waals surface area contributed by atoms with E-state index in [0.717, 1.165) is 55.1 Å². The predicted molar refractivity (Wildman–Crippen MR) is 97.3 cm³/mol. The molecule has 3 rings (SSSR count). The molecule has 1 aliphatic rings. The molecule has 1 aromatic carbocycles. The molecule has 0 spiro atoms. The molecule has 0 aliphatic carbocycles. The number of ether oxygens (including phenoxy) is 1. The summed E-state index contributed by atoms with van der Waals surface area (Å²) in [6, 6.07) is 6.99. The van der Waals surface area contributed by atoms with Gasteiger partial charge in [-0.1, -0.05) is 11.3 Å². The Labute approximate surface area is 151 Å². The second kappa shape index (κ2) is 9.89. The first kappa shape index (κ1) is 19.9. The van der Waals surface area contributed by atoms with Gasteiger partial charge in [-0.3, -0.25) is 4.90 Å². The Kier molecular flexibility index (Phi) is 8.57. The Morgan fingerprint density at radius 1 is 1.13 bits per heavy atom. The van der Waals surface area contributed by atoms with E-state index in [1.54, 1.807) is 12.1 Å². The lowest BCUT2D eigenvalue weighted by Gasteiger charge is -2.26. The van der Waals surface area contributed by atoms with Crippen molar-refractivity contribution in [2.75, 3.05) is 44.7 Å². The summed E-state index contributed by atoms with van der Waals surface area (Å²) in [4.78, 5) is 2.37. The van der Waals surface area contributed by atoms with Gasteiger partial charge >= 0.3 is 0 Å². The summed E-state index contributed by atoms with van der Waals surface area (Å²) in [6.07, 6.45) is 0. The molecule has 6 nitrogen and oxygen atoms in total. The van der Waals surface area contributed by atoms with Gasteiger partial charge in [0.15, 0.2) is 0 Å². The van der Waals surface area contributed by atoms with Crippen LogP contribution in [0.2, 0.25) is 0 Å². The van der Waals surface area contributed by atoms with Crippen molar-refractivity contribution in [2.24, 2.45) is 0 Å². The largest absolute Gasteiger partial charge is 0.508 e. The number of phenolic OH excluding ortho intramolecular Hbond substituents is 1. The van der Waals surface area contributed by atoms with E-state index in [1.165, 1.54) is 11.3 Å². The third-order valence-corrected chi connectivity index (χ3v) is 4.28. The first-order valence-electron chi connectivity index (χ1n) is 6.98. The Hall–Kier alpha value is -1.12. The monoisotopic (exact) mass is 378 g/mol. The van der Waals surface area contributed by atoms with Crippen molar-refractivity contribution in [3.05, 3.63) is 24.3 Å². The lowest BCUT2D eigenvalue weighted by molar-refractivity contribution is 0.0398. The Balaban J connectivity index is 0.00000132. The van der Waals surface area contributed by atoms with Crippen LogP contribution >= 0.6 is 36.2 Å². The van der Waals surface area contributed by atoms with Crippen molar-refractivity contribution < 1.29 is 9.84 Å². The molecule has 0 radical (unpaired) electrons. The topological polar surface area (TPSA) is 70.5 Å². The summed E-state index contributed by atoms with van der Waals surface area (Å²) in [5.74, 6) is 0.257. The second-order valence-corrected chi connectivity index (χ2v) is 5.82. The van der Waals surface area contributed by atoms with Crippen molar-refractivity contribution >= 4 is 41.3 Å². The molecule has 1 saturated heterocycles. The number of morpholine rings is 1. The van der Waals surface area contributed by atoms with Crippen molar-refractivity contribution in [2.45, 2.75) is 0 Å². The lowest BCUT2D eigenvalue weighted by atomic mass is 10.2. The number of nitrogens with zero attached hydrogens (tertiary/aromatic N) is 3. The number of aromatic nitrogens is 2. The first-order valence-corrected chi connectivity index (χ1v) is 7.80. The first-order chi connectivity index (χ1) is 10.3. The van der Waals surface area contributed by atoms with Crippen molar-refractivity contribution in [3.63, 3.8) is 0 Å². The molecule has 0 atom stereocenters. The van der Waals surface area contributed by atoms with Gasteiger partial charge in [-0.05, 0) is 24.3 Å². The molecule has 2 aromatic rings. The minimum Gasteiger partial charge on any atom is -0.508 e. The van der Waals surface area contributed by atoms with Gasteiger partial charge in [-0.25, -0.2) is 0 Å². The van der Waals surface area contributed by atoms with Gasteiger partial charge < -0.3 is 15.2 Å². The Bertz CT molecular complexity index is 576. The highest BCUT2D eigenvalue weighted by molar-refractivity contribution is 7.18. The molecular formula is C14H20Cl2N4O2S. The molecule has 1 aromatic heterocycles. The molecule has 0 saturated carbocycles. The van der Waals surface area contributed by atoms with Crippen molar-refractivity contribution in [3.8, 4) is 16.3 Å². The number of nitrogens with one attached hydrogen (secondary N) is 1. The molecule has 0 unspecified atom stereocenters. The number of aromatic hydroxyl groups is 1. The van der Waals surface area contributed by atoms with Crippen LogP contribution in [0.3, 0.4) is 0 Å². The van der Waals surface area contributed by atoms with E-state index in [-0.39, 0.29) is 30.6 Å². The minimum absolute atomic E-state index is 0. The molecule has 9 heteroatoms. The molecule has 2 heterocycles. The molecule has 1 aliphatic heterocycles. The number of halogens is 2. The SMILES string of the molecule is Cl.Cl.Oc1ccc(-c2nnc(NCCN3CCOCC3)s2)cc1. The van der Waals surface area contributed by atoms with Gasteiger partial charge in [0.1, 0.15) is 10.8 Å². The quantitative estimate of drug-likeness (QED) is 0.832. The maximum atomic E-state index is 9.29. The van der Waals surface area contributed by atoms with Gasteiger partial charge in [-0.2, -0.15) is 0 Å². The van der Waals surface area contributed by atoms with Gasteiger partial charge in [0.05, 0.1) is 13.2 Å². The maximum absolute atomic E-state index is 9.29. The van der Waals surface area contributed by atoms with E-state index in [9.17, 15) is 5.11 Å². The number of anilines is 1. The normalized spacial score (nSPS) is 14.6. The van der Waals surface area contributed by atoms with Crippen LogP contribution in [-0.2, 0) is 4.74 Å². The van der Waals surface area contributed by atoms with Crippen LogP contribution < -0.4 is 5.32 Å². The molecule has 23 heavy (non-hydrogen) atoms. The zero-order valence-corrected chi connectivity index (χ0v) is 14.9. The third-order valence-electron chi connectivity index (χ3n) is 3.35. The van der Waals surface area contributed by atoms with Crippen LogP contribution in [0.5, 0.6) is 5.75 Å². The van der Waals surface area contributed by atoms with Crippen LogP contribution in [0.4, 0.5) is 5.13 Å². The van der Waals surface area contributed by atoms with Gasteiger partial charge in [-0.15, -0.1) is 35.0 Å². The summed E-state index contributed by atoms with van der Waals surface area (Å²) < 4.78 is 5.32. The zero-order valence-electron chi connectivity index (χ0n) is 12.5. The lowest BCUT2D eigenvalue weighted by Crippen LogP contribution is -2.38. The number of benzene rings is 1. The molecule has 0 bridgehead atoms. The van der Waals surface area contributed by atoms with Gasteiger partial charge in [0.2, 0.25) is 5.13 Å². The van der Waals surface area contributed by atoms with Gasteiger partial charge in [0, 0.05) is 31.7 Å². The summed E-state index contributed by atoms with van der Waals surface area (Å²) >= 11 is 1.52. The average molecular weight is 379 g/mol. The fraction of sp³-hybridized carbons (Fsp3) is 0.429. The fourth-order valence-corrected chi connectivity index (χ4v) is 2.94. The third kappa shape index (κ3) is 5.78. The smallest absolute Gasteiger partial charge is 0.206 e. The predicted octanol–water partition coefficient (Wildman–Crippen LogP) is 2.50. The summed E-state index contributed by atoms with van der Waals surface area (Å²) in [7, 11) is 0. The molecule has 0 amide bonds. The van der Waals surface area contributed by atoms with Crippen LogP contribution in [-0.4, -0.2) is 59.6 Å². The Morgan fingerprint density at radius 3 is 2.52 bits per heavy atom. The summed E-state index contributed by atoms with van der Waals surface area (Å²) in [5.41, 5.74) is 0.964. The molecule has 1 fully saturated rings. The zero-order chi connectivity index (χ0) is 14.5. The molecular weight excluding hydrogens is 359 g/mol. The number of phenols is 1. The van der Waals surface area contributed by atoms with E-state index < -0.39 is 0 Å². The number of rotatable bonds is 5. The fourth-order valence-electron chi connectivity index (χ4n) is 2.16. The van der Waals surface area contributed by atoms with E-state index in [0.29, 0.717) is 0 Å². The highest BCUT2D eigenvalue weighted by Crippen LogP contribution is 2.27. The molecule has 2 N–H and O–H groups in total. The number of hydrogen-bond donors (Lipinski definition) is 2. The van der Waals surface area contributed by atoms with E-state index in [1.807, 2.05) is 12.1 Å². The van der Waals surface area contributed by atoms with Gasteiger partial charge in [0.25, 0.3) is 0 Å². The van der Waals surface area contributed by atoms with E-state index in [4.69, 9.17) is 4.74 Å². The maximum Gasteiger partial charge on any atom is 0.206 e. The van der Waals surface area contributed by atoms with Crippen molar-refractivity contribution in [1.82, 2.24) is 15.1 Å². The summed E-state index contributed by atoms with van der Waals surface area (Å²) in [6.45, 7) is 5.47. The average Bonchev–Trinajstić information content (AvgIpc) is 2.98. The standard InChI is InChI=1S/C14H18N4O2S.2ClH/c19-12-3-1-11(2-4-12)13-16-17-14(21-13)15-5-6-18-7-9-20-10-8-18;;/h1-4,19H,5-10H2,(H,15,17);2*1H. The molecule has 128 valence electrons. The van der Waals surface area contributed by atoms with Crippen LogP contribution in [0.1, 0.15) is 0 Å². The van der Waals surface area contributed by atoms with E-state index in [2.05, 4.69) is 20.4 Å². The second-order valence-electron chi connectivity index (χ2n) is 4.84. The van der Waals surface area contributed by atoms with Crippen molar-refractivity contribution in [1.29, 1.82) is 0 Å². The van der Waals surface area contributed by atoms with Crippen LogP contribution in [0.15, 0.2) is 24.3 Å². The Morgan fingerprint density at radius 2 is 1.83 bits per heavy atom. The van der Waals surface area contributed by atoms with E-state index >= 15 is 0 Å². The summed E-state index contributed by atoms with van der Waals surface area (Å²) in [5, 5.41) is 22.6. The van der Waals surface area contributed by atoms with Crippen LogP contribution in [0.25, 0.3) is 10.6 Å². The highest BCUT2D eigenvalue weighted by Gasteiger charge is 2.10. The number of hydrogen-bond acceptors (Lipinski definition) is 7. The minimum atomic E-state index is 0. The van der Waals surface area contributed by atoms with Crippen LogP contribution in [0, 0.1) is 0 Å². The highest BCUT2D eigenvalue weighted by atomic mass is 35.5.